The molecule has 0 spiro atoms. The summed E-state index contributed by atoms with van der Waals surface area (Å²) in [4.78, 5) is 0. The molecule has 2 nitrogen and oxygen atoms in total. The zero-order valence-corrected chi connectivity index (χ0v) is 6.36. The minimum absolute atomic E-state index is 0.108. The first-order chi connectivity index (χ1) is 4.31. The summed E-state index contributed by atoms with van der Waals surface area (Å²) in [5, 5.41) is 9.02. The summed E-state index contributed by atoms with van der Waals surface area (Å²) in [6.07, 6.45) is 2.09. The number of hydrogen-bond donors (Lipinski definition) is 1. The van der Waals surface area contributed by atoms with E-state index >= 15 is 0 Å². The van der Waals surface area contributed by atoms with Gasteiger partial charge in [-0.15, -0.1) is 0 Å². The van der Waals surface area contributed by atoms with Crippen LogP contribution in [-0.2, 0) is 10.8 Å². The van der Waals surface area contributed by atoms with Gasteiger partial charge in [0.05, 0.1) is 17.1 Å². The van der Waals surface area contributed by atoms with E-state index in [9.17, 15) is 4.21 Å². The summed E-state index contributed by atoms with van der Waals surface area (Å²) in [5.41, 5.74) is 0. The molecule has 1 aliphatic rings. The molecular formula is C6H12O2S. The monoisotopic (exact) mass is 148 g/mol. The zero-order chi connectivity index (χ0) is 6.85. The molecule has 0 radical (unpaired) electrons. The molecule has 0 aromatic carbocycles. The highest BCUT2D eigenvalue weighted by atomic mass is 32.2. The third-order valence-corrected chi connectivity index (χ3v) is 3.61. The van der Waals surface area contributed by atoms with Crippen LogP contribution in [0.25, 0.3) is 0 Å². The van der Waals surface area contributed by atoms with Gasteiger partial charge in [-0.05, 0) is 6.42 Å². The fourth-order valence-electron chi connectivity index (χ4n) is 1.06. The van der Waals surface area contributed by atoms with Gasteiger partial charge in [0.1, 0.15) is 0 Å². The largest absolute Gasteiger partial charge is 0.395 e. The molecule has 0 bridgehead atoms. The maximum absolute atomic E-state index is 10.8. The summed E-state index contributed by atoms with van der Waals surface area (Å²) in [5.74, 6) is 0. The fourth-order valence-corrected chi connectivity index (χ4v) is 2.59. The molecule has 1 rings (SSSR count). The van der Waals surface area contributed by atoms with Gasteiger partial charge in [-0.25, -0.2) is 0 Å². The quantitative estimate of drug-likeness (QED) is 0.584. The third kappa shape index (κ3) is 1.33. The van der Waals surface area contributed by atoms with Crippen molar-refractivity contribution in [3.05, 3.63) is 0 Å². The Hall–Kier alpha value is 0.110. The number of aliphatic hydroxyl groups excluding tert-OH is 1. The van der Waals surface area contributed by atoms with E-state index in [1.54, 1.807) is 0 Å². The SMILES string of the molecule is CCC[C@H]1[C@@H](CO)[S@]1=O. The number of rotatable bonds is 3. The lowest BCUT2D eigenvalue weighted by Gasteiger charge is -1.85. The Labute approximate surface area is 57.7 Å². The lowest BCUT2D eigenvalue weighted by molar-refractivity contribution is 0.301. The van der Waals surface area contributed by atoms with Crippen molar-refractivity contribution in [1.82, 2.24) is 0 Å². The molecule has 3 heteroatoms. The minimum atomic E-state index is -0.687. The molecule has 1 heterocycles. The van der Waals surface area contributed by atoms with Crippen LogP contribution in [0, 0.1) is 0 Å². The molecule has 1 saturated heterocycles. The Morgan fingerprint density at radius 1 is 1.56 bits per heavy atom. The highest BCUT2D eigenvalue weighted by molar-refractivity contribution is 7.93. The van der Waals surface area contributed by atoms with Crippen LogP contribution < -0.4 is 0 Å². The van der Waals surface area contributed by atoms with Crippen LogP contribution in [0.1, 0.15) is 19.8 Å². The van der Waals surface area contributed by atoms with Gasteiger partial charge < -0.3 is 5.11 Å². The molecule has 9 heavy (non-hydrogen) atoms. The van der Waals surface area contributed by atoms with Crippen LogP contribution in [-0.4, -0.2) is 26.4 Å². The van der Waals surface area contributed by atoms with Gasteiger partial charge >= 0.3 is 0 Å². The zero-order valence-electron chi connectivity index (χ0n) is 5.54. The Morgan fingerprint density at radius 2 is 2.22 bits per heavy atom. The van der Waals surface area contributed by atoms with E-state index in [0.717, 1.165) is 12.8 Å². The molecule has 0 aromatic rings. The van der Waals surface area contributed by atoms with Crippen LogP contribution in [0.2, 0.25) is 0 Å². The van der Waals surface area contributed by atoms with Gasteiger partial charge in [0.15, 0.2) is 0 Å². The predicted molar refractivity (Wildman–Crippen MR) is 37.7 cm³/mol. The smallest absolute Gasteiger partial charge is 0.0725 e. The van der Waals surface area contributed by atoms with E-state index < -0.39 is 10.8 Å². The first kappa shape index (κ1) is 7.22. The number of aliphatic hydroxyl groups is 1. The second-order valence-corrected chi connectivity index (χ2v) is 4.24. The summed E-state index contributed by atoms with van der Waals surface area (Å²) >= 11 is 0. The van der Waals surface area contributed by atoms with Gasteiger partial charge in [0, 0.05) is 10.8 Å². The Balaban J connectivity index is 2.25. The average Bonchev–Trinajstić information content (AvgIpc) is 2.44. The molecule has 0 aliphatic carbocycles. The highest BCUT2D eigenvalue weighted by Gasteiger charge is 2.45. The van der Waals surface area contributed by atoms with Crippen molar-refractivity contribution in [3.8, 4) is 0 Å². The van der Waals surface area contributed by atoms with Crippen molar-refractivity contribution in [3.63, 3.8) is 0 Å². The highest BCUT2D eigenvalue weighted by Crippen LogP contribution is 2.30. The van der Waals surface area contributed by atoms with E-state index in [4.69, 9.17) is 5.11 Å². The van der Waals surface area contributed by atoms with Crippen LogP contribution in [0.4, 0.5) is 0 Å². The lowest BCUT2D eigenvalue weighted by Crippen LogP contribution is -1.97. The standard InChI is InChI=1S/C6H12O2S/c1-2-3-5-6(4-7)9(5)8/h5-7H,2-4H2,1H3/t5-,6+,9-/m0/s1. The maximum atomic E-state index is 10.8. The van der Waals surface area contributed by atoms with Crippen molar-refractivity contribution < 1.29 is 9.32 Å². The normalized spacial score (nSPS) is 40.9. The van der Waals surface area contributed by atoms with Crippen molar-refractivity contribution in [2.75, 3.05) is 6.61 Å². The Bertz CT molecular complexity index is 124. The lowest BCUT2D eigenvalue weighted by atomic mass is 10.2. The predicted octanol–water partition coefficient (Wildman–Crippen LogP) is 0.278. The van der Waals surface area contributed by atoms with Gasteiger partial charge in [0.2, 0.25) is 0 Å². The summed E-state index contributed by atoms with van der Waals surface area (Å²) < 4.78 is 10.8. The minimum Gasteiger partial charge on any atom is -0.395 e. The third-order valence-electron chi connectivity index (χ3n) is 1.69. The van der Waals surface area contributed by atoms with Crippen LogP contribution in [0.15, 0.2) is 0 Å². The molecule has 0 amide bonds. The molecule has 54 valence electrons. The van der Waals surface area contributed by atoms with Crippen LogP contribution in [0.3, 0.4) is 0 Å². The summed E-state index contributed by atoms with van der Waals surface area (Å²) in [6.45, 7) is 2.18. The van der Waals surface area contributed by atoms with Crippen LogP contribution >= 0.6 is 0 Å². The topological polar surface area (TPSA) is 37.3 Å². The number of hydrogen-bond acceptors (Lipinski definition) is 2. The van der Waals surface area contributed by atoms with Crippen molar-refractivity contribution in [2.45, 2.75) is 30.3 Å². The second kappa shape index (κ2) is 2.80. The fraction of sp³-hybridized carbons (Fsp3) is 1.00. The molecule has 0 unspecified atom stereocenters. The first-order valence-electron chi connectivity index (χ1n) is 3.31. The molecule has 1 aliphatic heterocycles. The van der Waals surface area contributed by atoms with E-state index in [1.807, 2.05) is 0 Å². The first-order valence-corrected chi connectivity index (χ1v) is 4.59. The molecule has 0 saturated carbocycles. The van der Waals surface area contributed by atoms with Crippen molar-refractivity contribution in [1.29, 1.82) is 0 Å². The van der Waals surface area contributed by atoms with Gasteiger partial charge in [0.25, 0.3) is 0 Å². The van der Waals surface area contributed by atoms with E-state index in [-0.39, 0.29) is 11.9 Å². The van der Waals surface area contributed by atoms with Gasteiger partial charge in [-0.2, -0.15) is 0 Å². The summed E-state index contributed by atoms with van der Waals surface area (Å²) in [7, 11) is -0.687. The maximum Gasteiger partial charge on any atom is 0.0725 e. The summed E-state index contributed by atoms with van der Waals surface area (Å²) in [6, 6.07) is 0. The Kier molecular flexibility index (Phi) is 2.24. The molecule has 0 aromatic heterocycles. The molecule has 3 atom stereocenters. The van der Waals surface area contributed by atoms with Crippen LogP contribution in [0.5, 0.6) is 0 Å². The Morgan fingerprint density at radius 3 is 2.56 bits per heavy atom. The van der Waals surface area contributed by atoms with Crippen molar-refractivity contribution in [2.24, 2.45) is 0 Å². The van der Waals surface area contributed by atoms with Crippen molar-refractivity contribution >= 4 is 10.8 Å². The molecule has 1 fully saturated rings. The van der Waals surface area contributed by atoms with Gasteiger partial charge in [-0.3, -0.25) is 4.21 Å². The van der Waals surface area contributed by atoms with E-state index in [1.165, 1.54) is 0 Å². The van der Waals surface area contributed by atoms with Gasteiger partial charge in [-0.1, -0.05) is 13.3 Å². The molecule has 1 N–H and O–H groups in total. The second-order valence-electron chi connectivity index (χ2n) is 2.38. The average molecular weight is 148 g/mol. The van der Waals surface area contributed by atoms with E-state index in [0.29, 0.717) is 5.25 Å². The van der Waals surface area contributed by atoms with E-state index in [2.05, 4.69) is 6.92 Å². The molecular weight excluding hydrogens is 136 g/mol.